The van der Waals surface area contributed by atoms with E-state index in [0.717, 1.165) is 23.7 Å². The monoisotopic (exact) mass is 168 g/mol. The van der Waals surface area contributed by atoms with Crippen LogP contribution in [0.3, 0.4) is 0 Å². The second-order valence-electron chi connectivity index (χ2n) is 5.03. The molecule has 0 spiro atoms. The SMILES string of the molecule is CCCC1CC(CC(C)C)C1C. The van der Waals surface area contributed by atoms with Crippen molar-refractivity contribution < 1.29 is 0 Å². The fraction of sp³-hybridized carbons (Fsp3) is 1.00. The van der Waals surface area contributed by atoms with Crippen LogP contribution in [0, 0.1) is 23.7 Å². The topological polar surface area (TPSA) is 0 Å². The number of hydrogen-bond acceptors (Lipinski definition) is 0. The molecule has 3 atom stereocenters. The normalized spacial score (nSPS) is 35.2. The van der Waals surface area contributed by atoms with Gasteiger partial charge in [0.05, 0.1) is 0 Å². The molecule has 0 aromatic rings. The molecule has 1 aliphatic rings. The summed E-state index contributed by atoms with van der Waals surface area (Å²) in [4.78, 5) is 0. The van der Waals surface area contributed by atoms with E-state index in [1.807, 2.05) is 0 Å². The van der Waals surface area contributed by atoms with Crippen molar-refractivity contribution in [2.75, 3.05) is 0 Å². The minimum Gasteiger partial charge on any atom is -0.0654 e. The highest BCUT2D eigenvalue weighted by Crippen LogP contribution is 2.45. The van der Waals surface area contributed by atoms with Gasteiger partial charge >= 0.3 is 0 Å². The molecule has 3 unspecified atom stereocenters. The van der Waals surface area contributed by atoms with Gasteiger partial charge in [-0.15, -0.1) is 0 Å². The smallest absolute Gasteiger partial charge is 0.0381 e. The molecule has 1 fully saturated rings. The lowest BCUT2D eigenvalue weighted by molar-refractivity contribution is 0.0621. The van der Waals surface area contributed by atoms with Gasteiger partial charge in [0, 0.05) is 0 Å². The molecular weight excluding hydrogens is 144 g/mol. The van der Waals surface area contributed by atoms with Gasteiger partial charge in [0.2, 0.25) is 0 Å². The summed E-state index contributed by atoms with van der Waals surface area (Å²) >= 11 is 0. The Morgan fingerprint density at radius 1 is 1.25 bits per heavy atom. The first-order valence-electron chi connectivity index (χ1n) is 5.65. The van der Waals surface area contributed by atoms with Crippen LogP contribution in [-0.2, 0) is 0 Å². The molecular formula is C12H24. The van der Waals surface area contributed by atoms with Gasteiger partial charge in [0.1, 0.15) is 0 Å². The van der Waals surface area contributed by atoms with Crippen molar-refractivity contribution in [2.45, 2.75) is 53.4 Å². The second kappa shape index (κ2) is 4.30. The maximum absolute atomic E-state index is 2.46. The lowest BCUT2D eigenvalue weighted by atomic mass is 9.62. The molecule has 0 aromatic carbocycles. The average molecular weight is 168 g/mol. The van der Waals surface area contributed by atoms with Crippen LogP contribution in [-0.4, -0.2) is 0 Å². The summed E-state index contributed by atoms with van der Waals surface area (Å²) in [6.07, 6.45) is 5.83. The average Bonchev–Trinajstić information content (AvgIpc) is 2.02. The van der Waals surface area contributed by atoms with Crippen LogP contribution >= 0.6 is 0 Å². The number of hydrogen-bond donors (Lipinski definition) is 0. The molecule has 72 valence electrons. The molecule has 0 bridgehead atoms. The maximum atomic E-state index is 2.46. The van der Waals surface area contributed by atoms with Crippen molar-refractivity contribution in [2.24, 2.45) is 23.7 Å². The zero-order chi connectivity index (χ0) is 9.14. The van der Waals surface area contributed by atoms with E-state index >= 15 is 0 Å². The molecule has 1 aliphatic carbocycles. The Morgan fingerprint density at radius 2 is 1.92 bits per heavy atom. The standard InChI is InChI=1S/C12H24/c1-5-6-11-8-12(10(11)4)7-9(2)3/h9-12H,5-8H2,1-4H3. The Balaban J connectivity index is 2.19. The first kappa shape index (κ1) is 10.1. The summed E-state index contributed by atoms with van der Waals surface area (Å²) in [5, 5.41) is 0. The highest BCUT2D eigenvalue weighted by Gasteiger charge is 2.36. The van der Waals surface area contributed by atoms with E-state index in [4.69, 9.17) is 0 Å². The van der Waals surface area contributed by atoms with Gasteiger partial charge in [-0.3, -0.25) is 0 Å². The van der Waals surface area contributed by atoms with E-state index in [-0.39, 0.29) is 0 Å². The summed E-state index contributed by atoms with van der Waals surface area (Å²) in [6.45, 7) is 9.46. The van der Waals surface area contributed by atoms with Crippen LogP contribution in [0.25, 0.3) is 0 Å². The van der Waals surface area contributed by atoms with E-state index in [1.54, 1.807) is 0 Å². The molecule has 0 saturated heterocycles. The van der Waals surface area contributed by atoms with Crippen molar-refractivity contribution in [1.82, 2.24) is 0 Å². The zero-order valence-electron chi connectivity index (χ0n) is 9.14. The van der Waals surface area contributed by atoms with Gasteiger partial charge in [0.25, 0.3) is 0 Å². The van der Waals surface area contributed by atoms with Crippen molar-refractivity contribution in [3.8, 4) is 0 Å². The predicted octanol–water partition coefficient (Wildman–Crippen LogP) is 4.10. The van der Waals surface area contributed by atoms with Crippen molar-refractivity contribution in [3.05, 3.63) is 0 Å². The van der Waals surface area contributed by atoms with Crippen LogP contribution in [0.4, 0.5) is 0 Å². The van der Waals surface area contributed by atoms with Crippen LogP contribution < -0.4 is 0 Å². The second-order valence-corrected chi connectivity index (χ2v) is 5.03. The van der Waals surface area contributed by atoms with E-state index in [2.05, 4.69) is 27.7 Å². The molecule has 0 heterocycles. The first-order valence-corrected chi connectivity index (χ1v) is 5.65. The van der Waals surface area contributed by atoms with E-state index < -0.39 is 0 Å². The van der Waals surface area contributed by atoms with Crippen molar-refractivity contribution in [3.63, 3.8) is 0 Å². The molecule has 12 heavy (non-hydrogen) atoms. The third-order valence-corrected chi connectivity index (χ3v) is 3.53. The Labute approximate surface area is 77.7 Å². The van der Waals surface area contributed by atoms with Crippen molar-refractivity contribution >= 4 is 0 Å². The molecule has 0 N–H and O–H groups in total. The van der Waals surface area contributed by atoms with E-state index in [0.29, 0.717) is 0 Å². The van der Waals surface area contributed by atoms with E-state index in [9.17, 15) is 0 Å². The van der Waals surface area contributed by atoms with Gasteiger partial charge in [-0.1, -0.05) is 40.5 Å². The highest BCUT2D eigenvalue weighted by molar-refractivity contribution is 4.86. The van der Waals surface area contributed by atoms with Gasteiger partial charge in [-0.2, -0.15) is 0 Å². The van der Waals surface area contributed by atoms with Crippen LogP contribution in [0.15, 0.2) is 0 Å². The molecule has 0 amide bonds. The minimum atomic E-state index is 0.903. The largest absolute Gasteiger partial charge is 0.0654 e. The van der Waals surface area contributed by atoms with Crippen LogP contribution in [0.2, 0.25) is 0 Å². The molecule has 0 radical (unpaired) electrons. The van der Waals surface area contributed by atoms with Gasteiger partial charge in [-0.05, 0) is 36.5 Å². The third kappa shape index (κ3) is 2.24. The maximum Gasteiger partial charge on any atom is -0.0381 e. The van der Waals surface area contributed by atoms with Crippen molar-refractivity contribution in [1.29, 1.82) is 0 Å². The van der Waals surface area contributed by atoms with Crippen LogP contribution in [0.5, 0.6) is 0 Å². The Hall–Kier alpha value is 0. The summed E-state index contributed by atoms with van der Waals surface area (Å²) in [5.41, 5.74) is 0. The lowest BCUT2D eigenvalue weighted by Gasteiger charge is -2.44. The number of rotatable bonds is 4. The fourth-order valence-electron chi connectivity index (χ4n) is 2.68. The van der Waals surface area contributed by atoms with Crippen LogP contribution in [0.1, 0.15) is 53.4 Å². The molecule has 0 aromatic heterocycles. The first-order chi connectivity index (χ1) is 5.65. The zero-order valence-corrected chi connectivity index (χ0v) is 9.14. The minimum absolute atomic E-state index is 0.903. The molecule has 1 saturated carbocycles. The Morgan fingerprint density at radius 3 is 2.33 bits per heavy atom. The third-order valence-electron chi connectivity index (χ3n) is 3.53. The summed E-state index contributed by atoms with van der Waals surface area (Å²) < 4.78 is 0. The molecule has 0 nitrogen and oxygen atoms in total. The highest BCUT2D eigenvalue weighted by atomic mass is 14.4. The summed E-state index contributed by atoms with van der Waals surface area (Å²) in [7, 11) is 0. The summed E-state index contributed by atoms with van der Waals surface area (Å²) in [5.74, 6) is 4.05. The van der Waals surface area contributed by atoms with Gasteiger partial charge in [-0.25, -0.2) is 0 Å². The fourth-order valence-corrected chi connectivity index (χ4v) is 2.68. The lowest BCUT2D eigenvalue weighted by Crippen LogP contribution is -2.35. The summed E-state index contributed by atoms with van der Waals surface area (Å²) in [6, 6.07) is 0. The van der Waals surface area contributed by atoms with Gasteiger partial charge in [0.15, 0.2) is 0 Å². The molecule has 1 rings (SSSR count). The van der Waals surface area contributed by atoms with E-state index in [1.165, 1.54) is 25.7 Å². The van der Waals surface area contributed by atoms with Gasteiger partial charge < -0.3 is 0 Å². The predicted molar refractivity (Wildman–Crippen MR) is 55.1 cm³/mol. The molecule has 0 aliphatic heterocycles. The molecule has 0 heteroatoms. The Kier molecular flexibility index (Phi) is 3.61. The Bertz CT molecular complexity index is 126. The quantitative estimate of drug-likeness (QED) is 0.592.